The molecular formula is C23H17FN6OS2. The molecule has 2 aromatic heterocycles. The van der Waals surface area contributed by atoms with Crippen molar-refractivity contribution < 1.29 is 9.18 Å². The number of nitrogens with zero attached hydrogens (tertiary/aromatic N) is 6. The Balaban J connectivity index is 1.58. The van der Waals surface area contributed by atoms with Gasteiger partial charge in [0.25, 0.3) is 5.91 Å². The van der Waals surface area contributed by atoms with Crippen LogP contribution in [-0.2, 0) is 6.54 Å². The van der Waals surface area contributed by atoms with E-state index in [9.17, 15) is 9.18 Å². The number of thiophene rings is 1. The lowest BCUT2D eigenvalue weighted by molar-refractivity contribution is 0.0969. The number of carbonyl (C=O) groups is 1. The summed E-state index contributed by atoms with van der Waals surface area (Å²) >= 11 is 2.98. The van der Waals surface area contributed by atoms with E-state index in [-0.39, 0.29) is 12.5 Å². The topological polar surface area (TPSA) is 85.2 Å². The van der Waals surface area contributed by atoms with Crippen molar-refractivity contribution in [3.63, 3.8) is 0 Å². The van der Waals surface area contributed by atoms with Gasteiger partial charge in [-0.25, -0.2) is 9.37 Å². The van der Waals surface area contributed by atoms with E-state index in [1.807, 2.05) is 59.8 Å². The predicted octanol–water partition coefficient (Wildman–Crippen LogP) is 6.62. The highest BCUT2D eigenvalue weighted by Crippen LogP contribution is 2.43. The Morgan fingerprint density at radius 1 is 1.18 bits per heavy atom. The Labute approximate surface area is 197 Å². The van der Waals surface area contributed by atoms with Gasteiger partial charge in [0.2, 0.25) is 0 Å². The Morgan fingerprint density at radius 3 is 2.79 bits per heavy atom. The van der Waals surface area contributed by atoms with Crippen LogP contribution in [-0.4, -0.2) is 17.9 Å². The number of fused-ring (bicyclic) bond motifs is 1. The lowest BCUT2D eigenvalue weighted by Crippen LogP contribution is -2.48. The molecule has 10 heteroatoms. The maximum Gasteiger partial charge on any atom is 0.262 e. The molecule has 0 fully saturated rings. The third-order valence-corrected chi connectivity index (χ3v) is 7.37. The smallest absolute Gasteiger partial charge is 0.262 e. The van der Waals surface area contributed by atoms with Crippen molar-refractivity contribution in [3.05, 3.63) is 97.8 Å². The summed E-state index contributed by atoms with van der Waals surface area (Å²) in [5.41, 5.74) is 11.1. The molecule has 2 aromatic carbocycles. The van der Waals surface area contributed by atoms with Crippen LogP contribution in [0, 0.1) is 5.82 Å². The van der Waals surface area contributed by atoms with Crippen LogP contribution in [0.3, 0.4) is 0 Å². The molecule has 3 heterocycles. The third-order valence-electron chi connectivity index (χ3n) is 5.39. The van der Waals surface area contributed by atoms with Crippen molar-refractivity contribution >= 4 is 40.0 Å². The van der Waals surface area contributed by atoms with Gasteiger partial charge in [0.1, 0.15) is 12.0 Å². The van der Waals surface area contributed by atoms with Gasteiger partial charge in [0.15, 0.2) is 0 Å². The second-order valence-electron chi connectivity index (χ2n) is 7.37. The molecule has 1 aliphatic heterocycles. The van der Waals surface area contributed by atoms with Gasteiger partial charge in [-0.15, -0.1) is 22.7 Å². The Morgan fingerprint density at radius 2 is 2.00 bits per heavy atom. The van der Waals surface area contributed by atoms with Gasteiger partial charge < -0.3 is 4.90 Å². The van der Waals surface area contributed by atoms with Gasteiger partial charge in [-0.1, -0.05) is 23.3 Å². The molecule has 1 unspecified atom stereocenters. The minimum absolute atomic E-state index is 0.217. The van der Waals surface area contributed by atoms with Crippen LogP contribution in [0.5, 0.6) is 0 Å². The maximum absolute atomic E-state index is 14.0. The molecule has 164 valence electrons. The number of halogens is 1. The summed E-state index contributed by atoms with van der Waals surface area (Å²) in [6.45, 7) is 0.217. The monoisotopic (exact) mass is 476 g/mol. The number of rotatable bonds is 5. The molecule has 0 spiro atoms. The van der Waals surface area contributed by atoms with Crippen LogP contribution in [0.15, 0.2) is 71.2 Å². The summed E-state index contributed by atoms with van der Waals surface area (Å²) in [5.74, 6) is -0.695. The van der Waals surface area contributed by atoms with E-state index in [4.69, 9.17) is 5.53 Å². The average molecular weight is 477 g/mol. The molecule has 7 nitrogen and oxygen atoms in total. The zero-order valence-corrected chi connectivity index (χ0v) is 19.1. The molecule has 4 aromatic rings. The van der Waals surface area contributed by atoms with E-state index in [0.29, 0.717) is 11.3 Å². The van der Waals surface area contributed by atoms with Crippen LogP contribution >= 0.6 is 22.7 Å². The molecule has 1 aliphatic rings. The molecule has 0 aliphatic carbocycles. The fourth-order valence-corrected chi connectivity index (χ4v) is 5.81. The summed E-state index contributed by atoms with van der Waals surface area (Å²) in [7, 11) is 1.91. The molecule has 0 radical (unpaired) electrons. The van der Waals surface area contributed by atoms with E-state index in [1.54, 1.807) is 22.3 Å². The first-order valence-corrected chi connectivity index (χ1v) is 11.7. The van der Waals surface area contributed by atoms with Gasteiger partial charge in [-0.2, -0.15) is 0 Å². The van der Waals surface area contributed by atoms with Crippen molar-refractivity contribution in [2.45, 2.75) is 12.7 Å². The highest BCUT2D eigenvalue weighted by atomic mass is 32.1. The standard InChI is InChI=1S/C23H17FN6OS2/c1-29-18-8-7-14(24)11-16(18)23(31)30(15-5-3-2-4-6-15)22(29)20-10-9-19(33-20)17-13-32-21(27-17)12-26-28-25/h2-11,13,22H,12H2,1H3. The zero-order chi connectivity index (χ0) is 22.9. The van der Waals surface area contributed by atoms with E-state index in [1.165, 1.54) is 23.5 Å². The quantitative estimate of drug-likeness (QED) is 0.184. The number of thiazole rings is 1. The second-order valence-corrected chi connectivity index (χ2v) is 9.43. The van der Waals surface area contributed by atoms with Gasteiger partial charge >= 0.3 is 0 Å². The lowest BCUT2D eigenvalue weighted by Gasteiger charge is -2.43. The van der Waals surface area contributed by atoms with Crippen molar-refractivity contribution in [3.8, 4) is 10.6 Å². The van der Waals surface area contributed by atoms with Crippen molar-refractivity contribution in [2.75, 3.05) is 16.8 Å². The largest absolute Gasteiger partial charge is 0.349 e. The number of anilines is 2. The number of benzene rings is 2. The van der Waals surface area contributed by atoms with E-state index < -0.39 is 12.0 Å². The number of aromatic nitrogens is 1. The first-order chi connectivity index (χ1) is 16.1. The van der Waals surface area contributed by atoms with Gasteiger partial charge in [-0.05, 0) is 48.0 Å². The van der Waals surface area contributed by atoms with Crippen LogP contribution in [0.2, 0.25) is 0 Å². The minimum atomic E-state index is -0.444. The van der Waals surface area contributed by atoms with Gasteiger partial charge in [0, 0.05) is 27.9 Å². The van der Waals surface area contributed by atoms with Crippen LogP contribution in [0.4, 0.5) is 15.8 Å². The van der Waals surface area contributed by atoms with Crippen molar-refractivity contribution in [2.24, 2.45) is 5.11 Å². The summed E-state index contributed by atoms with van der Waals surface area (Å²) in [6.07, 6.45) is -0.405. The number of amides is 1. The molecule has 33 heavy (non-hydrogen) atoms. The second kappa shape index (κ2) is 8.67. The van der Waals surface area contributed by atoms with E-state index in [2.05, 4.69) is 15.0 Å². The molecule has 5 rings (SSSR count). The highest BCUT2D eigenvalue weighted by Gasteiger charge is 2.39. The summed E-state index contributed by atoms with van der Waals surface area (Å²) < 4.78 is 14.0. The first-order valence-electron chi connectivity index (χ1n) is 10.0. The average Bonchev–Trinajstić information content (AvgIpc) is 3.50. The lowest BCUT2D eigenvalue weighted by atomic mass is 10.0. The fraction of sp³-hybridized carbons (Fsp3) is 0.130. The minimum Gasteiger partial charge on any atom is -0.349 e. The van der Waals surface area contributed by atoms with Crippen molar-refractivity contribution in [1.29, 1.82) is 0 Å². The van der Waals surface area contributed by atoms with Crippen molar-refractivity contribution in [1.82, 2.24) is 4.98 Å². The van der Waals surface area contributed by atoms with Crippen LogP contribution in [0.25, 0.3) is 21.0 Å². The van der Waals surface area contributed by atoms with E-state index in [0.717, 1.165) is 26.1 Å². The fourth-order valence-electron chi connectivity index (χ4n) is 3.92. The Hall–Kier alpha value is -3.72. The number of carbonyl (C=O) groups excluding carboxylic acids is 1. The molecule has 1 amide bonds. The summed E-state index contributed by atoms with van der Waals surface area (Å²) in [6, 6.07) is 17.7. The van der Waals surface area contributed by atoms with Crippen LogP contribution < -0.4 is 9.80 Å². The molecule has 0 saturated carbocycles. The Bertz CT molecular complexity index is 1380. The third kappa shape index (κ3) is 3.84. The van der Waals surface area contributed by atoms with Gasteiger partial charge in [-0.3, -0.25) is 9.69 Å². The zero-order valence-electron chi connectivity index (χ0n) is 17.4. The molecule has 0 saturated heterocycles. The normalized spacial score (nSPS) is 15.3. The molecular weight excluding hydrogens is 459 g/mol. The molecule has 0 N–H and O–H groups in total. The molecule has 0 bridgehead atoms. The molecule has 1 atom stereocenters. The summed E-state index contributed by atoms with van der Waals surface area (Å²) in [5, 5.41) is 6.24. The predicted molar refractivity (Wildman–Crippen MR) is 129 cm³/mol. The van der Waals surface area contributed by atoms with Gasteiger partial charge in [0.05, 0.1) is 33.4 Å². The maximum atomic E-state index is 14.0. The summed E-state index contributed by atoms with van der Waals surface area (Å²) in [4.78, 5) is 26.5. The number of hydrogen-bond acceptors (Lipinski definition) is 6. The number of para-hydroxylation sites is 1. The SMILES string of the molecule is CN1c2ccc(F)cc2C(=O)N(c2ccccc2)C1c1ccc(-c2csc(CN=[N+]=[N-])n2)s1. The number of hydrogen-bond donors (Lipinski definition) is 0. The van der Waals surface area contributed by atoms with E-state index >= 15 is 0 Å². The first kappa shape index (κ1) is 21.1. The Kier molecular flexibility index (Phi) is 5.55. The highest BCUT2D eigenvalue weighted by molar-refractivity contribution is 7.16. The van der Waals surface area contributed by atoms with Crippen LogP contribution in [0.1, 0.15) is 26.4 Å². The number of azide groups is 1.